The number of hydrogen-bond donors (Lipinski definition) is 2. The molecule has 0 aliphatic heterocycles. The summed E-state index contributed by atoms with van der Waals surface area (Å²) in [6.07, 6.45) is 4.60. The largest absolute Gasteiger partial charge is 0.494 e. The van der Waals surface area contributed by atoms with Crippen molar-refractivity contribution in [3.63, 3.8) is 0 Å². The zero-order valence-corrected chi connectivity index (χ0v) is 17.6. The third kappa shape index (κ3) is 9.71. The predicted molar refractivity (Wildman–Crippen MR) is 111 cm³/mol. The molecule has 0 fully saturated rings. The van der Waals surface area contributed by atoms with Crippen LogP contribution in [-0.4, -0.2) is 70.3 Å². The lowest BCUT2D eigenvalue weighted by Gasteiger charge is -2.18. The lowest BCUT2D eigenvalue weighted by Crippen LogP contribution is -2.50. The quantitative estimate of drug-likeness (QED) is 0.473. The highest BCUT2D eigenvalue weighted by Gasteiger charge is 2.21. The summed E-state index contributed by atoms with van der Waals surface area (Å²) < 4.78 is 10.8. The topological polar surface area (TPSA) is 79.9 Å². The maximum Gasteiger partial charge on any atom is 0.252 e. The number of unbranched alkanes of at least 4 members (excludes halogenated alkanes) is 3. The molecule has 0 radical (unpaired) electrons. The van der Waals surface area contributed by atoms with E-state index < -0.39 is 6.04 Å². The van der Waals surface area contributed by atoms with Crippen molar-refractivity contribution in [2.24, 2.45) is 0 Å². The number of nitrogens with one attached hydrogen (secondary N) is 2. The summed E-state index contributed by atoms with van der Waals surface area (Å²) in [5.74, 6) is 0.159. The molecule has 1 aromatic rings. The predicted octanol–water partition coefficient (Wildman–Crippen LogP) is 2.07. The van der Waals surface area contributed by atoms with Crippen molar-refractivity contribution in [1.29, 1.82) is 0 Å². The van der Waals surface area contributed by atoms with Crippen molar-refractivity contribution in [2.45, 2.75) is 38.6 Å². The Hall–Kier alpha value is -2.12. The molecule has 0 spiro atoms. The molecule has 0 saturated heterocycles. The van der Waals surface area contributed by atoms with Crippen molar-refractivity contribution in [3.8, 4) is 5.75 Å². The first-order chi connectivity index (χ1) is 13.5. The van der Waals surface area contributed by atoms with Crippen LogP contribution in [0.4, 0.5) is 0 Å². The molecule has 158 valence electrons. The molecular formula is C21H35N3O4. The van der Waals surface area contributed by atoms with E-state index in [1.807, 2.05) is 19.0 Å². The lowest BCUT2D eigenvalue weighted by atomic mass is 10.2. The Balaban J connectivity index is 2.52. The van der Waals surface area contributed by atoms with Gasteiger partial charge in [-0.1, -0.05) is 26.2 Å². The standard InChI is InChI=1S/C21H35N3O4/c1-5-6-7-8-15-28-18-11-9-17(10-12-18)20(25)23-19(16-27-4)21(26)22-13-14-24(2)3/h9-12,19H,5-8,13-16H2,1-4H3,(H,22,26)(H,23,25)/t19-/m0/s1. The Kier molecular flexibility index (Phi) is 11.9. The van der Waals surface area contributed by atoms with Gasteiger partial charge in [-0.2, -0.15) is 0 Å². The average Bonchev–Trinajstić information content (AvgIpc) is 2.67. The van der Waals surface area contributed by atoms with Gasteiger partial charge in [0.25, 0.3) is 5.91 Å². The van der Waals surface area contributed by atoms with Crippen LogP contribution in [0.2, 0.25) is 0 Å². The smallest absolute Gasteiger partial charge is 0.252 e. The highest BCUT2D eigenvalue weighted by Crippen LogP contribution is 2.13. The van der Waals surface area contributed by atoms with Crippen molar-refractivity contribution in [2.75, 3.05) is 47.5 Å². The first-order valence-electron chi connectivity index (χ1n) is 9.93. The number of ether oxygens (including phenoxy) is 2. The van der Waals surface area contributed by atoms with Crippen molar-refractivity contribution in [1.82, 2.24) is 15.5 Å². The third-order valence-corrected chi connectivity index (χ3v) is 4.20. The Morgan fingerprint density at radius 1 is 1.11 bits per heavy atom. The first-order valence-corrected chi connectivity index (χ1v) is 9.93. The molecule has 7 heteroatoms. The van der Waals surface area contributed by atoms with Crippen LogP contribution in [0.15, 0.2) is 24.3 Å². The Bertz CT molecular complexity index is 576. The monoisotopic (exact) mass is 393 g/mol. The molecule has 0 unspecified atom stereocenters. The number of methoxy groups -OCH3 is 1. The molecular weight excluding hydrogens is 358 g/mol. The molecule has 7 nitrogen and oxygen atoms in total. The van der Waals surface area contributed by atoms with Crippen LogP contribution in [0.3, 0.4) is 0 Å². The Morgan fingerprint density at radius 2 is 1.82 bits per heavy atom. The highest BCUT2D eigenvalue weighted by atomic mass is 16.5. The van der Waals surface area contributed by atoms with Crippen LogP contribution in [0.5, 0.6) is 5.75 Å². The second-order valence-electron chi connectivity index (χ2n) is 7.01. The molecule has 1 rings (SSSR count). The van der Waals surface area contributed by atoms with E-state index in [-0.39, 0.29) is 18.4 Å². The van der Waals surface area contributed by atoms with Crippen LogP contribution in [0.1, 0.15) is 43.0 Å². The molecule has 0 bridgehead atoms. The van der Waals surface area contributed by atoms with Crippen LogP contribution >= 0.6 is 0 Å². The van der Waals surface area contributed by atoms with E-state index in [0.717, 1.165) is 25.1 Å². The number of carbonyl (C=O) groups is 2. The van der Waals surface area contributed by atoms with Gasteiger partial charge >= 0.3 is 0 Å². The fourth-order valence-corrected chi connectivity index (χ4v) is 2.54. The summed E-state index contributed by atoms with van der Waals surface area (Å²) in [5, 5.41) is 5.53. The van der Waals surface area contributed by atoms with E-state index in [2.05, 4.69) is 17.6 Å². The van der Waals surface area contributed by atoms with E-state index in [4.69, 9.17) is 9.47 Å². The molecule has 2 amide bonds. The van der Waals surface area contributed by atoms with Crippen LogP contribution in [-0.2, 0) is 9.53 Å². The highest BCUT2D eigenvalue weighted by molar-refractivity contribution is 5.97. The average molecular weight is 394 g/mol. The molecule has 0 aromatic heterocycles. The molecule has 0 aliphatic rings. The molecule has 0 heterocycles. The number of benzene rings is 1. The second-order valence-corrected chi connectivity index (χ2v) is 7.01. The molecule has 1 atom stereocenters. The summed E-state index contributed by atoms with van der Waals surface area (Å²) in [7, 11) is 5.36. The third-order valence-electron chi connectivity index (χ3n) is 4.20. The SMILES string of the molecule is CCCCCCOc1ccc(C(=O)N[C@@H](COC)C(=O)NCCN(C)C)cc1. The summed E-state index contributed by atoms with van der Waals surface area (Å²) in [6, 6.07) is 6.21. The number of hydrogen-bond acceptors (Lipinski definition) is 5. The van der Waals surface area contributed by atoms with E-state index in [1.54, 1.807) is 24.3 Å². The van der Waals surface area contributed by atoms with Crippen LogP contribution < -0.4 is 15.4 Å². The maximum absolute atomic E-state index is 12.5. The van der Waals surface area contributed by atoms with Gasteiger partial charge < -0.3 is 25.0 Å². The van der Waals surface area contributed by atoms with Gasteiger partial charge in [-0.15, -0.1) is 0 Å². The first kappa shape index (κ1) is 23.9. The van der Waals surface area contributed by atoms with Gasteiger partial charge in [0.1, 0.15) is 11.8 Å². The fourth-order valence-electron chi connectivity index (χ4n) is 2.54. The van der Waals surface area contributed by atoms with Gasteiger partial charge in [-0.05, 0) is 44.8 Å². The van der Waals surface area contributed by atoms with E-state index in [9.17, 15) is 9.59 Å². The minimum atomic E-state index is -0.742. The Morgan fingerprint density at radius 3 is 2.43 bits per heavy atom. The van der Waals surface area contributed by atoms with Crippen molar-refractivity contribution in [3.05, 3.63) is 29.8 Å². The lowest BCUT2D eigenvalue weighted by molar-refractivity contribution is -0.124. The van der Waals surface area contributed by atoms with E-state index in [0.29, 0.717) is 18.7 Å². The number of nitrogens with zero attached hydrogens (tertiary/aromatic N) is 1. The van der Waals surface area contributed by atoms with Crippen molar-refractivity contribution >= 4 is 11.8 Å². The second kappa shape index (κ2) is 14.0. The number of likely N-dealkylation sites (N-methyl/N-ethyl adjacent to an activating group) is 1. The summed E-state index contributed by atoms with van der Waals surface area (Å²) in [6.45, 7) is 4.19. The van der Waals surface area contributed by atoms with Gasteiger partial charge in [0.05, 0.1) is 13.2 Å². The molecule has 0 aliphatic carbocycles. The van der Waals surface area contributed by atoms with Gasteiger partial charge in [-0.25, -0.2) is 0 Å². The molecule has 28 heavy (non-hydrogen) atoms. The number of amides is 2. The van der Waals surface area contributed by atoms with Gasteiger partial charge in [0, 0.05) is 25.8 Å². The molecule has 2 N–H and O–H groups in total. The zero-order chi connectivity index (χ0) is 20.8. The number of carbonyl (C=O) groups excluding carboxylic acids is 2. The minimum Gasteiger partial charge on any atom is -0.494 e. The van der Waals surface area contributed by atoms with Crippen LogP contribution in [0, 0.1) is 0 Å². The van der Waals surface area contributed by atoms with Gasteiger partial charge in [-0.3, -0.25) is 9.59 Å². The zero-order valence-electron chi connectivity index (χ0n) is 17.6. The molecule has 0 saturated carbocycles. The fraction of sp³-hybridized carbons (Fsp3) is 0.619. The minimum absolute atomic E-state index is 0.110. The van der Waals surface area contributed by atoms with Crippen molar-refractivity contribution < 1.29 is 19.1 Å². The van der Waals surface area contributed by atoms with E-state index in [1.165, 1.54) is 20.0 Å². The maximum atomic E-state index is 12.5. The normalized spacial score (nSPS) is 11.9. The molecule has 1 aromatic carbocycles. The summed E-state index contributed by atoms with van der Waals surface area (Å²) >= 11 is 0. The van der Waals surface area contributed by atoms with E-state index >= 15 is 0 Å². The van der Waals surface area contributed by atoms with Gasteiger partial charge in [0.15, 0.2) is 0 Å². The summed E-state index contributed by atoms with van der Waals surface area (Å²) in [4.78, 5) is 26.7. The van der Waals surface area contributed by atoms with Crippen LogP contribution in [0.25, 0.3) is 0 Å². The number of rotatable bonds is 14. The summed E-state index contributed by atoms with van der Waals surface area (Å²) in [5.41, 5.74) is 0.473. The Labute approximate surface area is 168 Å². The van der Waals surface area contributed by atoms with Gasteiger partial charge in [0.2, 0.25) is 5.91 Å².